The number of hydrogen-bond acceptors (Lipinski definition) is 8. The molecule has 0 fully saturated rings. The molecule has 4 rings (SSSR count). The van der Waals surface area contributed by atoms with Gasteiger partial charge in [-0.15, -0.1) is 21.5 Å². The van der Waals surface area contributed by atoms with Gasteiger partial charge >= 0.3 is 5.97 Å². The van der Waals surface area contributed by atoms with E-state index in [4.69, 9.17) is 32.7 Å². The monoisotopic (exact) mass is 590 g/mol. The van der Waals surface area contributed by atoms with E-state index in [1.165, 1.54) is 23.1 Å². The first-order valence-electron chi connectivity index (χ1n) is 11.6. The lowest BCUT2D eigenvalue weighted by molar-refractivity contribution is -0.113. The first-order valence-corrected chi connectivity index (χ1v) is 14.2. The molecule has 0 radical (unpaired) electrons. The summed E-state index contributed by atoms with van der Waals surface area (Å²) in [5, 5.41) is 15.0. The number of nitrogens with zero attached hydrogens (tertiary/aromatic N) is 3. The maximum atomic E-state index is 12.8. The van der Waals surface area contributed by atoms with Crippen LogP contribution in [-0.2, 0) is 16.6 Å². The van der Waals surface area contributed by atoms with E-state index < -0.39 is 12.1 Å². The largest absolute Gasteiger partial charge is 0.481 e. The van der Waals surface area contributed by atoms with E-state index in [9.17, 15) is 9.59 Å². The molecule has 1 N–H and O–H groups in total. The third kappa shape index (κ3) is 6.50. The Balaban J connectivity index is 1.43. The summed E-state index contributed by atoms with van der Waals surface area (Å²) in [4.78, 5) is 25.6. The zero-order valence-electron chi connectivity index (χ0n) is 20.7. The predicted octanol–water partition coefficient (Wildman–Crippen LogP) is 6.90. The summed E-state index contributed by atoms with van der Waals surface area (Å²) in [6.07, 6.45) is -0.471. The first kappa shape index (κ1) is 28.0. The SMILES string of the molecule is CCOC(=O)c1c(-c2ccccc2)csc1NC(=O)CSc1nnc(C(C)Oc2cc(Cl)ccc2Cl)n1C. The maximum absolute atomic E-state index is 12.8. The van der Waals surface area contributed by atoms with Gasteiger partial charge in [0.05, 0.1) is 17.4 Å². The fourth-order valence-electron chi connectivity index (χ4n) is 3.60. The van der Waals surface area contributed by atoms with Crippen molar-refractivity contribution in [3.05, 3.63) is 75.3 Å². The van der Waals surface area contributed by atoms with Gasteiger partial charge in [-0.1, -0.05) is 65.3 Å². The van der Waals surface area contributed by atoms with Gasteiger partial charge in [-0.25, -0.2) is 4.79 Å². The third-order valence-electron chi connectivity index (χ3n) is 5.37. The molecule has 198 valence electrons. The number of aromatic nitrogens is 3. The number of hydrogen-bond donors (Lipinski definition) is 1. The van der Waals surface area contributed by atoms with E-state index in [1.54, 1.807) is 36.7 Å². The molecule has 1 unspecified atom stereocenters. The average molecular weight is 592 g/mol. The molecule has 38 heavy (non-hydrogen) atoms. The lowest BCUT2D eigenvalue weighted by Gasteiger charge is -2.15. The molecule has 0 saturated carbocycles. The summed E-state index contributed by atoms with van der Waals surface area (Å²) < 4.78 is 12.9. The molecule has 4 aromatic rings. The van der Waals surface area contributed by atoms with Crippen LogP contribution in [0.1, 0.15) is 36.1 Å². The maximum Gasteiger partial charge on any atom is 0.341 e. The number of anilines is 1. The number of thioether (sulfide) groups is 1. The fourth-order valence-corrected chi connectivity index (χ4v) is 5.61. The second kappa shape index (κ2) is 12.7. The molecular weight excluding hydrogens is 567 g/mol. The van der Waals surface area contributed by atoms with Gasteiger partial charge in [-0.05, 0) is 31.5 Å². The molecule has 0 bridgehead atoms. The highest BCUT2D eigenvalue weighted by atomic mass is 35.5. The summed E-state index contributed by atoms with van der Waals surface area (Å²) in [5.41, 5.74) is 1.92. The van der Waals surface area contributed by atoms with Crippen molar-refractivity contribution in [1.82, 2.24) is 14.8 Å². The molecule has 8 nitrogen and oxygen atoms in total. The minimum atomic E-state index is -0.484. The predicted molar refractivity (Wildman–Crippen MR) is 152 cm³/mol. The Bertz CT molecular complexity index is 1440. The van der Waals surface area contributed by atoms with Crippen LogP contribution in [0.2, 0.25) is 10.0 Å². The number of esters is 1. The number of carbonyl (C=O) groups excluding carboxylic acids is 2. The van der Waals surface area contributed by atoms with Crippen LogP contribution < -0.4 is 10.1 Å². The highest BCUT2D eigenvalue weighted by Crippen LogP contribution is 2.36. The quantitative estimate of drug-likeness (QED) is 0.158. The zero-order valence-corrected chi connectivity index (χ0v) is 23.9. The van der Waals surface area contributed by atoms with Crippen LogP contribution in [-0.4, -0.2) is 39.0 Å². The van der Waals surface area contributed by atoms with E-state index >= 15 is 0 Å². The van der Waals surface area contributed by atoms with E-state index in [0.717, 1.165) is 5.56 Å². The zero-order chi connectivity index (χ0) is 27.2. The van der Waals surface area contributed by atoms with Crippen molar-refractivity contribution >= 4 is 63.2 Å². The molecule has 1 amide bonds. The van der Waals surface area contributed by atoms with Crippen molar-refractivity contribution in [1.29, 1.82) is 0 Å². The first-order chi connectivity index (χ1) is 18.3. The molecule has 0 aliphatic carbocycles. The summed E-state index contributed by atoms with van der Waals surface area (Å²) >= 11 is 14.7. The number of ether oxygens (including phenoxy) is 2. The van der Waals surface area contributed by atoms with E-state index in [1.807, 2.05) is 42.6 Å². The lowest BCUT2D eigenvalue weighted by Crippen LogP contribution is -2.17. The van der Waals surface area contributed by atoms with Crippen LogP contribution in [0.5, 0.6) is 5.75 Å². The van der Waals surface area contributed by atoms with Crippen molar-refractivity contribution < 1.29 is 19.1 Å². The molecule has 0 aliphatic heterocycles. The van der Waals surface area contributed by atoms with Crippen LogP contribution in [0, 0.1) is 0 Å². The number of nitrogens with one attached hydrogen (secondary N) is 1. The number of thiophene rings is 1. The Morgan fingerprint density at radius 2 is 1.92 bits per heavy atom. The standard InChI is InChI=1S/C26H24Cl2N4O4S2/c1-4-35-25(34)22-18(16-8-6-5-7-9-16)13-37-24(22)29-21(33)14-38-26-31-30-23(32(26)3)15(2)36-20-12-17(27)10-11-19(20)28/h5-13,15H,4,14H2,1-3H3,(H,29,33). The minimum Gasteiger partial charge on any atom is -0.481 e. The smallest absolute Gasteiger partial charge is 0.341 e. The number of halogens is 2. The van der Waals surface area contributed by atoms with Crippen LogP contribution in [0.25, 0.3) is 11.1 Å². The van der Waals surface area contributed by atoms with Crippen molar-refractivity contribution in [3.8, 4) is 16.9 Å². The average Bonchev–Trinajstić information content (AvgIpc) is 3.49. The summed E-state index contributed by atoms with van der Waals surface area (Å²) in [6.45, 7) is 3.79. The Kier molecular flexibility index (Phi) is 9.32. The van der Waals surface area contributed by atoms with Crippen molar-refractivity contribution in [2.24, 2.45) is 7.05 Å². The molecule has 1 atom stereocenters. The normalized spacial score (nSPS) is 11.7. The van der Waals surface area contributed by atoms with Crippen LogP contribution >= 0.6 is 46.3 Å². The van der Waals surface area contributed by atoms with Gasteiger partial charge in [0.15, 0.2) is 17.1 Å². The van der Waals surface area contributed by atoms with E-state index in [2.05, 4.69) is 15.5 Å². The van der Waals surface area contributed by atoms with Crippen LogP contribution in [0.15, 0.2) is 59.1 Å². The number of benzene rings is 2. The molecule has 0 saturated heterocycles. The molecule has 2 heterocycles. The van der Waals surface area contributed by atoms with Gasteiger partial charge in [0, 0.05) is 29.1 Å². The molecule has 12 heteroatoms. The molecular formula is C26H24Cl2N4O4S2. The fraction of sp³-hybridized carbons (Fsp3) is 0.231. The van der Waals surface area contributed by atoms with Gasteiger partial charge in [-0.2, -0.15) is 0 Å². The van der Waals surface area contributed by atoms with Gasteiger partial charge in [-0.3, -0.25) is 4.79 Å². The second-order valence-corrected chi connectivity index (χ2v) is 10.7. The molecule has 2 aromatic heterocycles. The number of amides is 1. The minimum absolute atomic E-state index is 0.0577. The van der Waals surface area contributed by atoms with Crippen molar-refractivity contribution in [3.63, 3.8) is 0 Å². The van der Waals surface area contributed by atoms with Gasteiger partial charge < -0.3 is 19.4 Å². The Morgan fingerprint density at radius 3 is 2.66 bits per heavy atom. The topological polar surface area (TPSA) is 95.3 Å². The lowest BCUT2D eigenvalue weighted by atomic mass is 10.0. The third-order valence-corrected chi connectivity index (χ3v) is 7.83. The van der Waals surface area contributed by atoms with Crippen LogP contribution in [0.3, 0.4) is 0 Å². The Morgan fingerprint density at radius 1 is 1.16 bits per heavy atom. The molecule has 0 aliphatic rings. The Labute approximate surface area is 238 Å². The number of carbonyl (C=O) groups is 2. The summed E-state index contributed by atoms with van der Waals surface area (Å²) in [6, 6.07) is 14.5. The highest BCUT2D eigenvalue weighted by Gasteiger charge is 2.24. The Hall–Kier alpha value is -3.05. The summed E-state index contributed by atoms with van der Waals surface area (Å²) in [5.74, 6) is 0.275. The highest BCUT2D eigenvalue weighted by molar-refractivity contribution is 7.99. The van der Waals surface area contributed by atoms with E-state index in [0.29, 0.717) is 42.9 Å². The molecule has 0 spiro atoms. The second-order valence-electron chi connectivity index (χ2n) is 8.01. The van der Waals surface area contributed by atoms with Crippen molar-refractivity contribution in [2.45, 2.75) is 25.1 Å². The number of rotatable bonds is 10. The van der Waals surface area contributed by atoms with Crippen LogP contribution in [0.4, 0.5) is 5.00 Å². The molecule has 2 aromatic carbocycles. The van der Waals surface area contributed by atoms with Crippen molar-refractivity contribution in [2.75, 3.05) is 17.7 Å². The van der Waals surface area contributed by atoms with E-state index in [-0.39, 0.29) is 18.3 Å². The van der Waals surface area contributed by atoms with Gasteiger partial charge in [0.2, 0.25) is 5.91 Å². The summed E-state index contributed by atoms with van der Waals surface area (Å²) in [7, 11) is 1.79. The van der Waals surface area contributed by atoms with Gasteiger partial charge in [0.1, 0.15) is 16.3 Å². The van der Waals surface area contributed by atoms with Gasteiger partial charge in [0.25, 0.3) is 0 Å².